The Hall–Kier alpha value is -3.69. The van der Waals surface area contributed by atoms with Crippen molar-refractivity contribution in [3.63, 3.8) is 0 Å². The second-order valence-electron chi connectivity index (χ2n) is 7.41. The van der Waals surface area contributed by atoms with E-state index in [4.69, 9.17) is 9.15 Å². The summed E-state index contributed by atoms with van der Waals surface area (Å²) in [7, 11) is -3.80. The van der Waals surface area contributed by atoms with Crippen LogP contribution in [0.5, 0.6) is 5.75 Å². The number of hydrogen-bond acceptors (Lipinski definition) is 6. The van der Waals surface area contributed by atoms with Gasteiger partial charge < -0.3 is 14.1 Å². The number of rotatable bonds is 5. The number of furan rings is 1. The van der Waals surface area contributed by atoms with E-state index < -0.39 is 16.0 Å². The fourth-order valence-electron chi connectivity index (χ4n) is 3.61. The third kappa shape index (κ3) is 4.27. The highest BCUT2D eigenvalue weighted by atomic mass is 79.9. The van der Waals surface area contributed by atoms with E-state index in [-0.39, 0.29) is 11.4 Å². The van der Waals surface area contributed by atoms with E-state index in [2.05, 4.69) is 20.3 Å². The summed E-state index contributed by atoms with van der Waals surface area (Å²) in [5.41, 5.74) is 1.58. The summed E-state index contributed by atoms with van der Waals surface area (Å²) < 4.78 is 41.0. The molecule has 0 unspecified atom stereocenters. The zero-order valence-corrected chi connectivity index (χ0v) is 20.0. The van der Waals surface area contributed by atoms with Gasteiger partial charge in [0.1, 0.15) is 16.4 Å². The molecule has 0 bridgehead atoms. The molecule has 5 rings (SSSR count). The Morgan fingerprint density at radius 1 is 0.941 bits per heavy atom. The average Bonchev–Trinajstić information content (AvgIpc) is 3.44. The molecule has 0 saturated carbocycles. The Bertz CT molecular complexity index is 1500. The van der Waals surface area contributed by atoms with Gasteiger partial charge in [-0.1, -0.05) is 24.3 Å². The third-order valence-electron chi connectivity index (χ3n) is 5.21. The van der Waals surface area contributed by atoms with Gasteiger partial charge in [-0.15, -0.1) is 4.40 Å². The van der Waals surface area contributed by atoms with Gasteiger partial charge in [-0.05, 0) is 76.6 Å². The molecule has 3 aromatic carbocycles. The van der Waals surface area contributed by atoms with Crippen molar-refractivity contribution >= 4 is 43.4 Å². The van der Waals surface area contributed by atoms with Crippen LogP contribution in [0.2, 0.25) is 0 Å². The largest absolute Gasteiger partial charge is 0.467 e. The number of benzene rings is 3. The number of fused-ring (bicyclic) bond motifs is 1. The quantitative estimate of drug-likeness (QED) is 0.250. The summed E-state index contributed by atoms with van der Waals surface area (Å²) in [4.78, 5) is 14.4. The van der Waals surface area contributed by atoms with Crippen molar-refractivity contribution in [2.75, 3.05) is 4.90 Å². The number of anilines is 1. The summed E-state index contributed by atoms with van der Waals surface area (Å²) in [5, 5.41) is 0. The van der Waals surface area contributed by atoms with Crippen LogP contribution in [0.3, 0.4) is 0 Å². The maximum atomic E-state index is 12.6. The molecule has 1 aliphatic rings. The Labute approximate surface area is 204 Å². The van der Waals surface area contributed by atoms with E-state index in [1.165, 1.54) is 6.07 Å². The van der Waals surface area contributed by atoms with Crippen LogP contribution in [0.15, 0.2) is 109 Å². The van der Waals surface area contributed by atoms with Crippen LogP contribution in [-0.4, -0.2) is 20.2 Å². The van der Waals surface area contributed by atoms with Crippen molar-refractivity contribution in [1.82, 2.24) is 0 Å². The third-order valence-corrected chi connectivity index (χ3v) is 7.23. The topological polar surface area (TPSA) is 89.2 Å². The molecule has 0 amide bonds. The molecule has 0 fully saturated rings. The lowest BCUT2D eigenvalue weighted by atomic mass is 10.1. The molecule has 1 aliphatic heterocycles. The van der Waals surface area contributed by atoms with Gasteiger partial charge in [0.2, 0.25) is 0 Å². The predicted molar refractivity (Wildman–Crippen MR) is 131 cm³/mol. The first-order chi connectivity index (χ1) is 16.4. The Morgan fingerprint density at radius 2 is 1.68 bits per heavy atom. The van der Waals surface area contributed by atoms with Gasteiger partial charge in [0.05, 0.1) is 18.4 Å². The molecule has 0 saturated heterocycles. The van der Waals surface area contributed by atoms with Crippen molar-refractivity contribution in [2.45, 2.75) is 11.4 Å². The molecule has 1 aromatic heterocycles. The van der Waals surface area contributed by atoms with Crippen molar-refractivity contribution in [1.29, 1.82) is 0 Å². The highest BCUT2D eigenvalue weighted by Crippen LogP contribution is 2.32. The molecule has 0 atom stereocenters. The van der Waals surface area contributed by atoms with Crippen molar-refractivity contribution in [2.24, 2.45) is 4.40 Å². The minimum atomic E-state index is -3.80. The SMILES string of the molecule is O=C(Oc1ccc(N(Cc2ccco2)C2=NS(=O)(=O)c3ccccc32)cc1)c1ccccc1Br. The number of carbonyl (C=O) groups excluding carboxylic acids is 1. The number of amidine groups is 1. The second kappa shape index (κ2) is 8.92. The maximum Gasteiger partial charge on any atom is 0.344 e. The van der Waals surface area contributed by atoms with Crippen molar-refractivity contribution in [3.8, 4) is 5.75 Å². The van der Waals surface area contributed by atoms with E-state index in [1.54, 1.807) is 84.0 Å². The van der Waals surface area contributed by atoms with Crippen LogP contribution in [0.25, 0.3) is 0 Å². The highest BCUT2D eigenvalue weighted by Gasteiger charge is 2.32. The summed E-state index contributed by atoms with van der Waals surface area (Å²) in [6.45, 7) is 0.256. The smallest absolute Gasteiger partial charge is 0.344 e. The summed E-state index contributed by atoms with van der Waals surface area (Å²) in [5.74, 6) is 0.788. The van der Waals surface area contributed by atoms with E-state index in [1.807, 2.05) is 6.07 Å². The zero-order chi connectivity index (χ0) is 23.7. The lowest BCUT2D eigenvalue weighted by Gasteiger charge is -2.24. The molecule has 0 N–H and O–H groups in total. The van der Waals surface area contributed by atoms with Crippen LogP contribution in [0.1, 0.15) is 21.7 Å². The van der Waals surface area contributed by atoms with Gasteiger partial charge in [-0.25, -0.2) is 4.79 Å². The molecule has 9 heteroatoms. The Balaban J connectivity index is 1.47. The molecular weight excluding hydrogens is 520 g/mol. The van der Waals surface area contributed by atoms with Crippen LogP contribution in [-0.2, 0) is 16.6 Å². The van der Waals surface area contributed by atoms with Gasteiger partial charge in [-0.3, -0.25) is 0 Å². The molecule has 4 aromatic rings. The Kier molecular flexibility index (Phi) is 5.80. The van der Waals surface area contributed by atoms with Crippen LogP contribution in [0.4, 0.5) is 5.69 Å². The molecule has 0 radical (unpaired) electrons. The number of carbonyl (C=O) groups is 1. The summed E-state index contributed by atoms with van der Waals surface area (Å²) in [6, 6.07) is 24.0. The average molecular weight is 537 g/mol. The van der Waals surface area contributed by atoms with Crippen LogP contribution in [0, 0.1) is 0 Å². The van der Waals surface area contributed by atoms with E-state index >= 15 is 0 Å². The molecule has 170 valence electrons. The van der Waals surface area contributed by atoms with Crippen LogP contribution >= 0.6 is 15.9 Å². The van der Waals surface area contributed by atoms with E-state index in [0.717, 1.165) is 0 Å². The summed E-state index contributed by atoms with van der Waals surface area (Å²) >= 11 is 3.35. The van der Waals surface area contributed by atoms with Crippen molar-refractivity contribution in [3.05, 3.63) is 113 Å². The van der Waals surface area contributed by atoms with Gasteiger partial charge in [0, 0.05) is 15.7 Å². The molecule has 0 spiro atoms. The fraction of sp³-hybridized carbons (Fsp3) is 0.0400. The monoisotopic (exact) mass is 536 g/mol. The second-order valence-corrected chi connectivity index (χ2v) is 9.84. The standard InChI is InChI=1S/C25H17BrN2O5S/c26-22-9-3-1-7-20(22)25(29)33-18-13-11-17(12-14-18)28(16-19-6-5-15-32-19)24-21-8-2-4-10-23(21)34(30,31)27-24/h1-15H,16H2. The minimum absolute atomic E-state index is 0.161. The van der Waals surface area contributed by atoms with Gasteiger partial charge in [0.25, 0.3) is 10.0 Å². The minimum Gasteiger partial charge on any atom is -0.467 e. The first kappa shape index (κ1) is 22.1. The van der Waals surface area contributed by atoms with E-state index in [9.17, 15) is 13.2 Å². The number of hydrogen-bond donors (Lipinski definition) is 0. The first-order valence-corrected chi connectivity index (χ1v) is 12.5. The lowest BCUT2D eigenvalue weighted by molar-refractivity contribution is 0.0734. The maximum absolute atomic E-state index is 12.6. The van der Waals surface area contributed by atoms with Gasteiger partial charge in [-0.2, -0.15) is 8.42 Å². The molecule has 0 aliphatic carbocycles. The number of halogens is 1. The number of sulfonamides is 1. The first-order valence-electron chi connectivity index (χ1n) is 10.2. The predicted octanol–water partition coefficient (Wildman–Crippen LogP) is 5.42. The number of esters is 1. The van der Waals surface area contributed by atoms with Gasteiger partial charge >= 0.3 is 5.97 Å². The van der Waals surface area contributed by atoms with Crippen LogP contribution < -0.4 is 9.64 Å². The summed E-state index contributed by atoms with van der Waals surface area (Å²) in [6.07, 6.45) is 1.55. The molecule has 7 nitrogen and oxygen atoms in total. The number of ether oxygens (including phenoxy) is 1. The van der Waals surface area contributed by atoms with E-state index in [0.29, 0.717) is 38.6 Å². The fourth-order valence-corrected chi connectivity index (χ4v) is 5.27. The normalized spacial score (nSPS) is 13.7. The van der Waals surface area contributed by atoms with Gasteiger partial charge in [0.15, 0.2) is 5.84 Å². The number of nitrogens with zero attached hydrogens (tertiary/aromatic N) is 2. The molecule has 34 heavy (non-hydrogen) atoms. The molecular formula is C25H17BrN2O5S. The lowest BCUT2D eigenvalue weighted by Crippen LogP contribution is -2.30. The van der Waals surface area contributed by atoms with Crippen molar-refractivity contribution < 1.29 is 22.4 Å². The molecule has 2 heterocycles. The highest BCUT2D eigenvalue weighted by molar-refractivity contribution is 9.10. The zero-order valence-electron chi connectivity index (χ0n) is 17.6. The Morgan fingerprint density at radius 3 is 2.41 bits per heavy atom.